The third-order valence-corrected chi connectivity index (χ3v) is 4.90. The van der Waals surface area contributed by atoms with Crippen molar-refractivity contribution < 1.29 is 4.79 Å². The Morgan fingerprint density at radius 2 is 1.85 bits per heavy atom. The highest BCUT2D eigenvalue weighted by Gasteiger charge is 2.22. The Labute approximate surface area is 158 Å². The summed E-state index contributed by atoms with van der Waals surface area (Å²) in [5, 5.41) is 3.44. The lowest BCUT2D eigenvalue weighted by molar-refractivity contribution is -0.115. The lowest BCUT2D eigenvalue weighted by Gasteiger charge is -2.01. The van der Waals surface area contributed by atoms with Crippen LogP contribution in [-0.4, -0.2) is 11.1 Å². The van der Waals surface area contributed by atoms with Crippen molar-refractivity contribution in [3.63, 3.8) is 0 Å². The van der Waals surface area contributed by atoms with Crippen LogP contribution in [0.5, 0.6) is 0 Å². The van der Waals surface area contributed by atoms with Gasteiger partial charge in [0.05, 0.1) is 10.6 Å². The summed E-state index contributed by atoms with van der Waals surface area (Å²) in [6.45, 7) is 2.19. The van der Waals surface area contributed by atoms with E-state index in [2.05, 4.69) is 29.4 Å². The molecule has 26 heavy (non-hydrogen) atoms. The largest absolute Gasteiger partial charge is 0.300 e. The van der Waals surface area contributed by atoms with Crippen LogP contribution in [0, 0.1) is 0 Å². The molecule has 1 heterocycles. The molecular formula is C22H22N2OS. The highest BCUT2D eigenvalue weighted by Crippen LogP contribution is 2.26. The van der Waals surface area contributed by atoms with Gasteiger partial charge in [0.1, 0.15) is 0 Å². The van der Waals surface area contributed by atoms with E-state index in [-0.39, 0.29) is 5.91 Å². The topological polar surface area (TPSA) is 41.5 Å². The maximum atomic E-state index is 12.1. The number of aryl methyl sites for hydroxylation is 1. The molecular weight excluding hydrogens is 340 g/mol. The number of rotatable bonds is 6. The van der Waals surface area contributed by atoms with Crippen molar-refractivity contribution in [1.29, 1.82) is 0 Å². The molecule has 3 nitrogen and oxygen atoms in total. The highest BCUT2D eigenvalue weighted by molar-refractivity contribution is 8.18. The summed E-state index contributed by atoms with van der Waals surface area (Å²) < 4.78 is 0. The molecule has 3 rings (SSSR count). The number of nitrogens with one attached hydrogen (secondary N) is 1. The number of benzene rings is 2. The molecule has 1 aliphatic rings. The summed E-state index contributed by atoms with van der Waals surface area (Å²) >= 11 is 1.37. The summed E-state index contributed by atoms with van der Waals surface area (Å²) in [5.74, 6) is -0.106. The van der Waals surface area contributed by atoms with Crippen molar-refractivity contribution in [2.45, 2.75) is 26.2 Å². The molecule has 4 heteroatoms. The molecule has 0 spiro atoms. The van der Waals surface area contributed by atoms with Crippen LogP contribution in [0.1, 0.15) is 30.9 Å². The van der Waals surface area contributed by atoms with E-state index < -0.39 is 0 Å². The lowest BCUT2D eigenvalue weighted by Crippen LogP contribution is -2.19. The Hall–Kier alpha value is -2.59. The van der Waals surface area contributed by atoms with E-state index in [4.69, 9.17) is 0 Å². The van der Waals surface area contributed by atoms with Crippen LogP contribution in [0.25, 0.3) is 6.08 Å². The predicted molar refractivity (Wildman–Crippen MR) is 111 cm³/mol. The number of unbranched alkanes of at least 4 members (excludes halogenated alkanes) is 1. The van der Waals surface area contributed by atoms with E-state index in [1.165, 1.54) is 30.2 Å². The Kier molecular flexibility index (Phi) is 6.45. The van der Waals surface area contributed by atoms with Gasteiger partial charge in [-0.25, -0.2) is 4.99 Å². The minimum atomic E-state index is -0.106. The van der Waals surface area contributed by atoms with Gasteiger partial charge in [-0.1, -0.05) is 68.0 Å². The summed E-state index contributed by atoms with van der Waals surface area (Å²) in [6.07, 6.45) is 9.18. The first-order valence-corrected chi connectivity index (χ1v) is 9.66. The number of carbonyl (C=O) groups is 1. The maximum Gasteiger partial charge on any atom is 0.264 e. The molecule has 1 saturated heterocycles. The molecule has 0 radical (unpaired) electrons. The van der Waals surface area contributed by atoms with Gasteiger partial charge < -0.3 is 5.32 Å². The van der Waals surface area contributed by atoms with Gasteiger partial charge in [0, 0.05) is 0 Å². The molecule has 132 valence electrons. The first-order valence-electron chi connectivity index (χ1n) is 8.85. The minimum Gasteiger partial charge on any atom is -0.300 e. The molecule has 0 aliphatic carbocycles. The zero-order chi connectivity index (χ0) is 18.2. The molecule has 1 amide bonds. The van der Waals surface area contributed by atoms with E-state index in [1.807, 2.05) is 60.7 Å². The van der Waals surface area contributed by atoms with Gasteiger partial charge in [0.15, 0.2) is 5.17 Å². The average Bonchev–Trinajstić information content (AvgIpc) is 3.01. The molecule has 1 N–H and O–H groups in total. The molecule has 0 saturated carbocycles. The van der Waals surface area contributed by atoms with Crippen molar-refractivity contribution in [3.8, 4) is 0 Å². The van der Waals surface area contributed by atoms with Crippen LogP contribution in [0.2, 0.25) is 0 Å². The first-order chi connectivity index (χ1) is 12.7. The van der Waals surface area contributed by atoms with Crippen molar-refractivity contribution in [2.24, 2.45) is 4.99 Å². The van der Waals surface area contributed by atoms with Gasteiger partial charge in [-0.05, 0) is 53.9 Å². The van der Waals surface area contributed by atoms with Crippen LogP contribution in [0.3, 0.4) is 0 Å². The Morgan fingerprint density at radius 3 is 2.58 bits per heavy atom. The minimum absolute atomic E-state index is 0.106. The van der Waals surface area contributed by atoms with Gasteiger partial charge in [-0.15, -0.1) is 0 Å². The Morgan fingerprint density at radius 1 is 1.08 bits per heavy atom. The monoisotopic (exact) mass is 362 g/mol. The van der Waals surface area contributed by atoms with Gasteiger partial charge in [0.25, 0.3) is 5.91 Å². The number of hydrogen-bond acceptors (Lipinski definition) is 3. The number of thioether (sulfide) groups is 1. The Balaban J connectivity index is 1.64. The second-order valence-electron chi connectivity index (χ2n) is 6.04. The van der Waals surface area contributed by atoms with Gasteiger partial charge in [-0.3, -0.25) is 4.79 Å². The van der Waals surface area contributed by atoms with Crippen LogP contribution in [0.4, 0.5) is 5.69 Å². The summed E-state index contributed by atoms with van der Waals surface area (Å²) in [5.41, 5.74) is 3.28. The molecule has 0 aromatic heterocycles. The molecule has 0 unspecified atom stereocenters. The number of aliphatic imine (C=N–C) groups is 1. The number of hydrogen-bond donors (Lipinski definition) is 1. The number of allylic oxidation sites excluding steroid dienone is 2. The van der Waals surface area contributed by atoms with Crippen molar-refractivity contribution >= 4 is 34.6 Å². The number of nitrogens with zero attached hydrogens (tertiary/aromatic N) is 1. The zero-order valence-electron chi connectivity index (χ0n) is 14.8. The summed E-state index contributed by atoms with van der Waals surface area (Å²) in [4.78, 5) is 17.3. The van der Waals surface area contributed by atoms with Crippen molar-refractivity contribution in [2.75, 3.05) is 0 Å². The van der Waals surface area contributed by atoms with Crippen LogP contribution < -0.4 is 5.32 Å². The summed E-state index contributed by atoms with van der Waals surface area (Å²) in [6, 6.07) is 18.2. The third-order valence-electron chi connectivity index (χ3n) is 3.97. The Bertz CT molecular complexity index is 836. The van der Waals surface area contributed by atoms with Crippen LogP contribution in [-0.2, 0) is 11.2 Å². The molecule has 0 atom stereocenters. The molecule has 2 aromatic carbocycles. The SMILES string of the molecule is CCCCc1ccc(N=C2NC(=O)C(=CC=Cc3ccccc3)S2)cc1. The van der Waals surface area contributed by atoms with Crippen LogP contribution >= 0.6 is 11.8 Å². The zero-order valence-corrected chi connectivity index (χ0v) is 15.6. The van der Waals surface area contributed by atoms with Gasteiger partial charge in [-0.2, -0.15) is 0 Å². The second-order valence-corrected chi connectivity index (χ2v) is 7.07. The molecule has 2 aromatic rings. The summed E-state index contributed by atoms with van der Waals surface area (Å²) in [7, 11) is 0. The lowest BCUT2D eigenvalue weighted by atomic mass is 10.1. The number of amides is 1. The van der Waals surface area contributed by atoms with E-state index in [0.717, 1.165) is 17.7 Å². The standard InChI is InChI=1S/C22H22N2OS/c1-2-3-8-18-13-15-19(16-14-18)23-22-24-21(25)20(26-22)12-7-11-17-9-5-4-6-10-17/h4-7,9-16H,2-3,8H2,1H3,(H,23,24,25). The quantitative estimate of drug-likeness (QED) is 0.692. The number of amidine groups is 1. The second kappa shape index (κ2) is 9.20. The average molecular weight is 362 g/mol. The number of carbonyl (C=O) groups excluding carboxylic acids is 1. The van der Waals surface area contributed by atoms with Crippen LogP contribution in [0.15, 0.2) is 76.6 Å². The van der Waals surface area contributed by atoms with Crippen molar-refractivity contribution in [3.05, 3.63) is 82.8 Å². The maximum absolute atomic E-state index is 12.1. The van der Waals surface area contributed by atoms with E-state index in [9.17, 15) is 4.79 Å². The fourth-order valence-electron chi connectivity index (χ4n) is 2.54. The molecule has 1 aliphatic heterocycles. The molecule has 1 fully saturated rings. The third kappa shape index (κ3) is 5.20. The first kappa shape index (κ1) is 18.2. The van der Waals surface area contributed by atoms with Gasteiger partial charge >= 0.3 is 0 Å². The van der Waals surface area contributed by atoms with E-state index in [0.29, 0.717) is 10.1 Å². The van der Waals surface area contributed by atoms with Crippen molar-refractivity contribution in [1.82, 2.24) is 5.32 Å². The normalized spacial score (nSPS) is 17.3. The fraction of sp³-hybridized carbons (Fsp3) is 0.182. The van der Waals surface area contributed by atoms with Gasteiger partial charge in [0.2, 0.25) is 0 Å². The molecule has 0 bridgehead atoms. The van der Waals surface area contributed by atoms with E-state index >= 15 is 0 Å². The smallest absolute Gasteiger partial charge is 0.264 e. The van der Waals surface area contributed by atoms with E-state index in [1.54, 1.807) is 0 Å². The predicted octanol–water partition coefficient (Wildman–Crippen LogP) is 5.48. The fourth-order valence-corrected chi connectivity index (χ4v) is 3.33. The highest BCUT2D eigenvalue weighted by atomic mass is 32.2.